The molecular weight excluding hydrogens is 236 g/mol. The standard InChI is InChI=1S/C17H18O2/c1-13(12-19-2)15-9-6-10-16(11-15)17(18)14-7-4-3-5-8-14/h3-11,13H,12H2,1-2H3. The van der Waals surface area contributed by atoms with E-state index in [1.54, 1.807) is 7.11 Å². The van der Waals surface area contributed by atoms with Crippen molar-refractivity contribution in [2.24, 2.45) is 0 Å². The van der Waals surface area contributed by atoms with Crippen LogP contribution in [0.15, 0.2) is 54.6 Å². The molecular formula is C17H18O2. The Labute approximate surface area is 114 Å². The van der Waals surface area contributed by atoms with Crippen LogP contribution in [0, 0.1) is 0 Å². The second-order valence-electron chi connectivity index (χ2n) is 4.68. The average molecular weight is 254 g/mol. The highest BCUT2D eigenvalue weighted by atomic mass is 16.5. The molecule has 2 nitrogen and oxygen atoms in total. The van der Waals surface area contributed by atoms with Gasteiger partial charge in [-0.1, -0.05) is 55.5 Å². The van der Waals surface area contributed by atoms with E-state index in [1.165, 1.54) is 0 Å². The molecule has 2 rings (SSSR count). The molecule has 0 saturated heterocycles. The van der Waals surface area contributed by atoms with E-state index >= 15 is 0 Å². The van der Waals surface area contributed by atoms with Gasteiger partial charge in [-0.3, -0.25) is 4.79 Å². The summed E-state index contributed by atoms with van der Waals surface area (Å²) in [5.74, 6) is 0.348. The van der Waals surface area contributed by atoms with Crippen LogP contribution in [0.2, 0.25) is 0 Å². The maximum absolute atomic E-state index is 12.3. The summed E-state index contributed by atoms with van der Waals surface area (Å²) < 4.78 is 5.16. The number of carbonyl (C=O) groups excluding carboxylic acids is 1. The van der Waals surface area contributed by atoms with Crippen LogP contribution in [0.4, 0.5) is 0 Å². The molecule has 0 spiro atoms. The number of hydrogen-bond donors (Lipinski definition) is 0. The Balaban J connectivity index is 2.26. The first-order chi connectivity index (χ1) is 9.22. The first-order valence-corrected chi connectivity index (χ1v) is 6.41. The van der Waals surface area contributed by atoms with Crippen molar-refractivity contribution < 1.29 is 9.53 Å². The summed E-state index contributed by atoms with van der Waals surface area (Å²) >= 11 is 0. The third-order valence-corrected chi connectivity index (χ3v) is 3.17. The van der Waals surface area contributed by atoms with Crippen molar-refractivity contribution in [1.82, 2.24) is 0 Å². The molecule has 0 saturated carbocycles. The van der Waals surface area contributed by atoms with E-state index in [2.05, 4.69) is 6.92 Å². The van der Waals surface area contributed by atoms with Crippen LogP contribution in [0.25, 0.3) is 0 Å². The molecule has 2 aromatic rings. The zero-order valence-corrected chi connectivity index (χ0v) is 11.3. The third-order valence-electron chi connectivity index (χ3n) is 3.17. The van der Waals surface area contributed by atoms with Gasteiger partial charge in [-0.25, -0.2) is 0 Å². The van der Waals surface area contributed by atoms with Gasteiger partial charge in [0.05, 0.1) is 6.61 Å². The van der Waals surface area contributed by atoms with E-state index in [4.69, 9.17) is 4.74 Å². The van der Waals surface area contributed by atoms with Crippen molar-refractivity contribution in [3.05, 3.63) is 71.3 Å². The lowest BCUT2D eigenvalue weighted by atomic mass is 9.96. The summed E-state index contributed by atoms with van der Waals surface area (Å²) in [5.41, 5.74) is 2.58. The van der Waals surface area contributed by atoms with Gasteiger partial charge in [0.15, 0.2) is 5.78 Å². The van der Waals surface area contributed by atoms with E-state index in [0.29, 0.717) is 6.61 Å². The van der Waals surface area contributed by atoms with Crippen molar-refractivity contribution in [3.63, 3.8) is 0 Å². The van der Waals surface area contributed by atoms with Gasteiger partial charge in [0.25, 0.3) is 0 Å². The minimum Gasteiger partial charge on any atom is -0.384 e. The van der Waals surface area contributed by atoms with Crippen molar-refractivity contribution in [2.45, 2.75) is 12.8 Å². The molecule has 0 aliphatic rings. The lowest BCUT2D eigenvalue weighted by Gasteiger charge is -2.11. The predicted octanol–water partition coefficient (Wildman–Crippen LogP) is 3.67. The molecule has 0 heterocycles. The lowest BCUT2D eigenvalue weighted by molar-refractivity contribution is 0.103. The number of methoxy groups -OCH3 is 1. The number of carbonyl (C=O) groups is 1. The predicted molar refractivity (Wildman–Crippen MR) is 76.6 cm³/mol. The summed E-state index contributed by atoms with van der Waals surface area (Å²) in [6.07, 6.45) is 0. The molecule has 2 heteroatoms. The number of rotatable bonds is 5. The van der Waals surface area contributed by atoms with Gasteiger partial charge in [-0.15, -0.1) is 0 Å². The molecule has 0 radical (unpaired) electrons. The van der Waals surface area contributed by atoms with Gasteiger partial charge in [-0.2, -0.15) is 0 Å². The van der Waals surface area contributed by atoms with Crippen LogP contribution in [0.5, 0.6) is 0 Å². The smallest absolute Gasteiger partial charge is 0.193 e. The monoisotopic (exact) mass is 254 g/mol. The zero-order chi connectivity index (χ0) is 13.7. The molecule has 0 fully saturated rings. The fourth-order valence-corrected chi connectivity index (χ4v) is 2.09. The normalized spacial score (nSPS) is 12.1. The molecule has 0 aliphatic heterocycles. The number of hydrogen-bond acceptors (Lipinski definition) is 2. The van der Waals surface area contributed by atoms with Gasteiger partial charge in [-0.05, 0) is 11.6 Å². The molecule has 98 valence electrons. The topological polar surface area (TPSA) is 26.3 Å². The maximum Gasteiger partial charge on any atom is 0.193 e. The number of ether oxygens (including phenoxy) is 1. The van der Waals surface area contributed by atoms with Crippen molar-refractivity contribution in [1.29, 1.82) is 0 Å². The third kappa shape index (κ3) is 3.30. The first-order valence-electron chi connectivity index (χ1n) is 6.41. The van der Waals surface area contributed by atoms with E-state index in [-0.39, 0.29) is 11.7 Å². The molecule has 0 amide bonds. The largest absolute Gasteiger partial charge is 0.384 e. The van der Waals surface area contributed by atoms with Crippen molar-refractivity contribution in [2.75, 3.05) is 13.7 Å². The lowest BCUT2D eigenvalue weighted by Crippen LogP contribution is -2.05. The highest BCUT2D eigenvalue weighted by Crippen LogP contribution is 2.18. The summed E-state index contributed by atoms with van der Waals surface area (Å²) in [6, 6.07) is 17.1. The van der Waals surface area contributed by atoms with Gasteiger partial charge < -0.3 is 4.74 Å². The molecule has 1 atom stereocenters. The van der Waals surface area contributed by atoms with Crippen molar-refractivity contribution in [3.8, 4) is 0 Å². The summed E-state index contributed by atoms with van der Waals surface area (Å²) in [4.78, 5) is 12.3. The van der Waals surface area contributed by atoms with Gasteiger partial charge in [0.2, 0.25) is 0 Å². The highest BCUT2D eigenvalue weighted by molar-refractivity contribution is 6.09. The second kappa shape index (κ2) is 6.30. The fraction of sp³-hybridized carbons (Fsp3) is 0.235. The van der Waals surface area contributed by atoms with E-state index in [9.17, 15) is 4.79 Å². The van der Waals surface area contributed by atoms with Gasteiger partial charge in [0.1, 0.15) is 0 Å². The SMILES string of the molecule is COCC(C)c1cccc(C(=O)c2ccccc2)c1. The van der Waals surface area contributed by atoms with Crippen LogP contribution >= 0.6 is 0 Å². The second-order valence-corrected chi connectivity index (χ2v) is 4.68. The summed E-state index contributed by atoms with van der Waals surface area (Å²) in [7, 11) is 1.69. The quantitative estimate of drug-likeness (QED) is 0.761. The van der Waals surface area contributed by atoms with Crippen LogP contribution in [0.3, 0.4) is 0 Å². The Hall–Kier alpha value is -1.93. The molecule has 1 unspecified atom stereocenters. The summed E-state index contributed by atoms with van der Waals surface area (Å²) in [5, 5.41) is 0. The Morgan fingerprint density at radius 1 is 1.05 bits per heavy atom. The number of benzene rings is 2. The molecule has 0 aromatic heterocycles. The minimum absolute atomic E-state index is 0.0621. The highest BCUT2D eigenvalue weighted by Gasteiger charge is 2.11. The van der Waals surface area contributed by atoms with Crippen molar-refractivity contribution >= 4 is 5.78 Å². The van der Waals surface area contributed by atoms with E-state index < -0.39 is 0 Å². The maximum atomic E-state index is 12.3. The van der Waals surface area contributed by atoms with Gasteiger partial charge >= 0.3 is 0 Å². The zero-order valence-electron chi connectivity index (χ0n) is 11.3. The molecule has 0 N–H and O–H groups in total. The molecule has 2 aromatic carbocycles. The Kier molecular flexibility index (Phi) is 4.48. The van der Waals surface area contributed by atoms with Crippen LogP contribution in [-0.4, -0.2) is 19.5 Å². The molecule has 0 bridgehead atoms. The molecule has 0 aliphatic carbocycles. The van der Waals surface area contributed by atoms with Crippen LogP contribution in [-0.2, 0) is 4.74 Å². The Bertz CT molecular complexity index is 546. The minimum atomic E-state index is 0.0621. The molecule has 19 heavy (non-hydrogen) atoms. The van der Waals surface area contributed by atoms with E-state index in [1.807, 2.05) is 54.6 Å². The van der Waals surface area contributed by atoms with Crippen LogP contribution < -0.4 is 0 Å². The number of ketones is 1. The average Bonchev–Trinajstić information content (AvgIpc) is 2.48. The van der Waals surface area contributed by atoms with Gasteiger partial charge in [0, 0.05) is 24.2 Å². The summed E-state index contributed by atoms with van der Waals surface area (Å²) in [6.45, 7) is 2.75. The van der Waals surface area contributed by atoms with E-state index in [0.717, 1.165) is 16.7 Å². The Morgan fingerprint density at radius 3 is 2.42 bits per heavy atom. The fourth-order valence-electron chi connectivity index (χ4n) is 2.09. The Morgan fingerprint density at radius 2 is 1.74 bits per heavy atom. The first kappa shape index (κ1) is 13.5. The van der Waals surface area contributed by atoms with Crippen LogP contribution in [0.1, 0.15) is 34.3 Å².